The second kappa shape index (κ2) is 9.09. The molecule has 144 valence electrons. The van der Waals surface area contributed by atoms with Gasteiger partial charge in [0.25, 0.3) is 0 Å². The summed E-state index contributed by atoms with van der Waals surface area (Å²) in [6, 6.07) is 22.1. The first-order valence-corrected chi connectivity index (χ1v) is 9.79. The summed E-state index contributed by atoms with van der Waals surface area (Å²) in [5.41, 5.74) is 5.19. The summed E-state index contributed by atoms with van der Waals surface area (Å²) in [4.78, 5) is 0. The number of halogens is 1. The van der Waals surface area contributed by atoms with E-state index in [4.69, 9.17) is 28.6 Å². The first-order chi connectivity index (χ1) is 13.5. The molecule has 0 bridgehead atoms. The summed E-state index contributed by atoms with van der Waals surface area (Å²) in [6.45, 7) is 4.04. The van der Waals surface area contributed by atoms with Gasteiger partial charge in [-0.2, -0.15) is 0 Å². The third-order valence-electron chi connectivity index (χ3n) is 4.53. The van der Waals surface area contributed by atoms with E-state index in [1.165, 1.54) is 0 Å². The minimum Gasteiger partial charge on any atom is -0.497 e. The SMILES string of the molecule is COc1ccc([C@@H](NC(=S)Nc2c(C)cc(C)cc2Cl)c2ccccc2)cc1. The van der Waals surface area contributed by atoms with Gasteiger partial charge >= 0.3 is 0 Å². The van der Waals surface area contributed by atoms with Gasteiger partial charge in [0.2, 0.25) is 0 Å². The minimum atomic E-state index is -0.100. The molecule has 3 rings (SSSR count). The highest BCUT2D eigenvalue weighted by Gasteiger charge is 2.16. The molecule has 0 unspecified atom stereocenters. The molecule has 0 radical (unpaired) electrons. The quantitative estimate of drug-likeness (QED) is 0.502. The van der Waals surface area contributed by atoms with Crippen molar-refractivity contribution in [1.82, 2.24) is 5.32 Å². The van der Waals surface area contributed by atoms with Crippen molar-refractivity contribution >= 4 is 34.6 Å². The number of methoxy groups -OCH3 is 1. The maximum Gasteiger partial charge on any atom is 0.171 e. The van der Waals surface area contributed by atoms with Crippen LogP contribution in [0, 0.1) is 13.8 Å². The van der Waals surface area contributed by atoms with Crippen molar-refractivity contribution in [2.24, 2.45) is 0 Å². The van der Waals surface area contributed by atoms with Crippen molar-refractivity contribution in [3.05, 3.63) is 94.0 Å². The summed E-state index contributed by atoms with van der Waals surface area (Å²) in [5.74, 6) is 0.818. The van der Waals surface area contributed by atoms with Crippen LogP contribution in [0.25, 0.3) is 0 Å². The van der Waals surface area contributed by atoms with Gasteiger partial charge in [0.05, 0.1) is 23.9 Å². The zero-order chi connectivity index (χ0) is 20.1. The number of anilines is 1. The van der Waals surface area contributed by atoms with Gasteiger partial charge in [0, 0.05) is 0 Å². The number of nitrogens with one attached hydrogen (secondary N) is 2. The van der Waals surface area contributed by atoms with Crippen LogP contribution < -0.4 is 15.4 Å². The van der Waals surface area contributed by atoms with Crippen LogP contribution in [0.3, 0.4) is 0 Å². The van der Waals surface area contributed by atoms with E-state index in [1.807, 2.05) is 62.4 Å². The third kappa shape index (κ3) is 4.83. The van der Waals surface area contributed by atoms with E-state index in [0.717, 1.165) is 33.7 Å². The highest BCUT2D eigenvalue weighted by molar-refractivity contribution is 7.80. The Labute approximate surface area is 176 Å². The van der Waals surface area contributed by atoms with Gasteiger partial charge in [-0.05, 0) is 66.5 Å². The fourth-order valence-electron chi connectivity index (χ4n) is 3.16. The Morgan fingerprint density at radius 2 is 1.61 bits per heavy atom. The fraction of sp³-hybridized carbons (Fsp3) is 0.174. The van der Waals surface area contributed by atoms with Crippen LogP contribution in [-0.4, -0.2) is 12.2 Å². The van der Waals surface area contributed by atoms with Crippen molar-refractivity contribution in [2.75, 3.05) is 12.4 Å². The standard InChI is InChI=1S/C23H23ClN2OS/c1-15-13-16(2)21(20(24)14-15)25-23(28)26-22(17-7-5-4-6-8-17)18-9-11-19(27-3)12-10-18/h4-14,22H,1-3H3,(H2,25,26,28)/t22-/m0/s1. The second-order valence-corrected chi connectivity index (χ2v) is 7.47. The van der Waals surface area contributed by atoms with Crippen LogP contribution in [-0.2, 0) is 0 Å². The number of hydrogen-bond donors (Lipinski definition) is 2. The van der Waals surface area contributed by atoms with E-state index in [1.54, 1.807) is 7.11 Å². The molecule has 0 amide bonds. The molecule has 3 nitrogen and oxygen atoms in total. The second-order valence-electron chi connectivity index (χ2n) is 6.65. The third-order valence-corrected chi connectivity index (χ3v) is 5.05. The van der Waals surface area contributed by atoms with Crippen molar-refractivity contribution in [2.45, 2.75) is 19.9 Å². The Bertz CT molecular complexity index is 935. The largest absolute Gasteiger partial charge is 0.497 e. The molecule has 1 atom stereocenters. The van der Waals surface area contributed by atoms with E-state index in [9.17, 15) is 0 Å². The van der Waals surface area contributed by atoms with E-state index >= 15 is 0 Å². The summed E-state index contributed by atoms with van der Waals surface area (Å²) in [6.07, 6.45) is 0. The molecule has 3 aromatic carbocycles. The van der Waals surface area contributed by atoms with Gasteiger partial charge in [-0.3, -0.25) is 0 Å². The Morgan fingerprint density at radius 3 is 2.21 bits per heavy atom. The van der Waals surface area contributed by atoms with Crippen molar-refractivity contribution in [3.63, 3.8) is 0 Å². The average Bonchev–Trinajstić information content (AvgIpc) is 2.69. The van der Waals surface area contributed by atoms with Crippen molar-refractivity contribution in [1.29, 1.82) is 0 Å². The molecule has 0 aliphatic rings. The highest BCUT2D eigenvalue weighted by Crippen LogP contribution is 2.28. The van der Waals surface area contributed by atoms with Crippen molar-refractivity contribution < 1.29 is 4.74 Å². The molecule has 28 heavy (non-hydrogen) atoms. The molecule has 0 aliphatic carbocycles. The van der Waals surface area contributed by atoms with Crippen LogP contribution in [0.2, 0.25) is 5.02 Å². The summed E-state index contributed by atoms with van der Waals surface area (Å²) >= 11 is 12.0. The number of aryl methyl sites for hydroxylation is 2. The Morgan fingerprint density at radius 1 is 0.964 bits per heavy atom. The lowest BCUT2D eigenvalue weighted by Crippen LogP contribution is -2.33. The molecule has 3 aromatic rings. The molecule has 0 spiro atoms. The topological polar surface area (TPSA) is 33.3 Å². The lowest BCUT2D eigenvalue weighted by molar-refractivity contribution is 0.414. The molecular weight excluding hydrogens is 388 g/mol. The van der Waals surface area contributed by atoms with Crippen molar-refractivity contribution in [3.8, 4) is 5.75 Å². The van der Waals surface area contributed by atoms with Gasteiger partial charge in [-0.1, -0.05) is 60.1 Å². The van der Waals surface area contributed by atoms with Crippen LogP contribution in [0.5, 0.6) is 5.75 Å². The molecule has 0 aliphatic heterocycles. The molecule has 0 heterocycles. The van der Waals surface area contributed by atoms with Crippen LogP contribution in [0.15, 0.2) is 66.7 Å². The Kier molecular flexibility index (Phi) is 6.55. The van der Waals surface area contributed by atoms with E-state index in [0.29, 0.717) is 10.1 Å². The lowest BCUT2D eigenvalue weighted by Gasteiger charge is -2.23. The Hall–Kier alpha value is -2.56. The van der Waals surface area contributed by atoms with E-state index in [-0.39, 0.29) is 6.04 Å². The summed E-state index contributed by atoms with van der Waals surface area (Å²) in [7, 11) is 1.66. The Balaban J connectivity index is 1.86. The number of benzene rings is 3. The maximum absolute atomic E-state index is 6.42. The molecule has 0 aromatic heterocycles. The predicted molar refractivity (Wildman–Crippen MR) is 122 cm³/mol. The average molecular weight is 411 g/mol. The van der Waals surface area contributed by atoms with Crippen LogP contribution in [0.1, 0.15) is 28.3 Å². The van der Waals surface area contributed by atoms with Gasteiger partial charge in [0.1, 0.15) is 5.75 Å². The fourth-order valence-corrected chi connectivity index (χ4v) is 3.74. The smallest absolute Gasteiger partial charge is 0.171 e. The molecule has 2 N–H and O–H groups in total. The molecular formula is C23H23ClN2OS. The maximum atomic E-state index is 6.42. The first kappa shape index (κ1) is 20.2. The van der Waals surface area contributed by atoms with Gasteiger partial charge < -0.3 is 15.4 Å². The summed E-state index contributed by atoms with van der Waals surface area (Å²) < 4.78 is 5.28. The summed E-state index contributed by atoms with van der Waals surface area (Å²) in [5, 5.41) is 7.85. The molecule has 0 saturated carbocycles. The monoisotopic (exact) mass is 410 g/mol. The highest BCUT2D eigenvalue weighted by atomic mass is 35.5. The van der Waals surface area contributed by atoms with Gasteiger partial charge in [-0.25, -0.2) is 0 Å². The molecule has 0 fully saturated rings. The van der Waals surface area contributed by atoms with Crippen LogP contribution >= 0.6 is 23.8 Å². The van der Waals surface area contributed by atoms with Gasteiger partial charge in [-0.15, -0.1) is 0 Å². The predicted octanol–water partition coefficient (Wildman–Crippen LogP) is 6.04. The number of hydrogen-bond acceptors (Lipinski definition) is 2. The zero-order valence-electron chi connectivity index (χ0n) is 16.1. The lowest BCUT2D eigenvalue weighted by atomic mass is 9.99. The molecule has 5 heteroatoms. The minimum absolute atomic E-state index is 0.100. The first-order valence-electron chi connectivity index (χ1n) is 9.01. The number of rotatable bonds is 5. The molecule has 0 saturated heterocycles. The number of ether oxygens (including phenoxy) is 1. The van der Waals surface area contributed by atoms with Gasteiger partial charge in [0.15, 0.2) is 5.11 Å². The van der Waals surface area contributed by atoms with E-state index in [2.05, 4.69) is 28.8 Å². The normalized spacial score (nSPS) is 11.6. The number of thiocarbonyl (C=S) groups is 1. The van der Waals surface area contributed by atoms with E-state index < -0.39 is 0 Å². The van der Waals surface area contributed by atoms with Crippen LogP contribution in [0.4, 0.5) is 5.69 Å². The zero-order valence-corrected chi connectivity index (χ0v) is 17.7.